The first-order chi connectivity index (χ1) is 20.3. The third-order valence-corrected chi connectivity index (χ3v) is 7.98. The number of benzene rings is 3. The van der Waals surface area contributed by atoms with Gasteiger partial charge in [0.25, 0.3) is 17.5 Å². The molecule has 2 N–H and O–H groups in total. The highest BCUT2D eigenvalue weighted by Crippen LogP contribution is 2.31. The van der Waals surface area contributed by atoms with Gasteiger partial charge in [-0.3, -0.25) is 25.0 Å². The van der Waals surface area contributed by atoms with Gasteiger partial charge in [0.2, 0.25) is 0 Å². The van der Waals surface area contributed by atoms with E-state index in [1.807, 2.05) is 58.3 Å². The second kappa shape index (κ2) is 13.0. The van der Waals surface area contributed by atoms with Crippen LogP contribution in [0.25, 0.3) is 0 Å². The van der Waals surface area contributed by atoms with E-state index in [0.29, 0.717) is 24.5 Å². The molecule has 3 aromatic carbocycles. The molecule has 11 heteroatoms. The van der Waals surface area contributed by atoms with Crippen LogP contribution in [0.2, 0.25) is 0 Å². The van der Waals surface area contributed by atoms with Crippen LogP contribution in [-0.4, -0.2) is 66.0 Å². The minimum Gasteiger partial charge on any atom is -0.368 e. The summed E-state index contributed by atoms with van der Waals surface area (Å²) < 4.78 is 0. The van der Waals surface area contributed by atoms with Crippen molar-refractivity contribution in [2.75, 3.05) is 54.4 Å². The zero-order chi connectivity index (χ0) is 29.6. The second-order valence-electron chi connectivity index (χ2n) is 10.4. The normalized spacial score (nSPS) is 14.9. The molecule has 0 radical (unpaired) electrons. The molecule has 2 amide bonds. The number of nitro groups is 1. The van der Waals surface area contributed by atoms with Crippen LogP contribution in [0.15, 0.2) is 66.7 Å². The summed E-state index contributed by atoms with van der Waals surface area (Å²) in [5.74, 6) is -0.460. The van der Waals surface area contributed by atoms with Crippen molar-refractivity contribution in [3.05, 3.63) is 93.5 Å². The van der Waals surface area contributed by atoms with Gasteiger partial charge in [0.05, 0.1) is 4.92 Å². The molecule has 5 rings (SSSR count). The smallest absolute Gasteiger partial charge is 0.293 e. The number of rotatable bonds is 7. The molecule has 218 valence electrons. The summed E-state index contributed by atoms with van der Waals surface area (Å²) in [4.78, 5) is 43.0. The Hall–Kier alpha value is -4.51. The van der Waals surface area contributed by atoms with E-state index in [-0.39, 0.29) is 22.3 Å². The highest BCUT2D eigenvalue weighted by molar-refractivity contribution is 7.80. The summed E-state index contributed by atoms with van der Waals surface area (Å²) in [5, 5.41) is 17.4. The third-order valence-electron chi connectivity index (χ3n) is 7.77. The van der Waals surface area contributed by atoms with E-state index < -0.39 is 10.8 Å². The molecule has 0 bridgehead atoms. The number of hydrogen-bond donors (Lipinski definition) is 2. The van der Waals surface area contributed by atoms with Crippen LogP contribution < -0.4 is 20.4 Å². The molecule has 0 aromatic heterocycles. The fraction of sp³-hybridized carbons (Fsp3) is 0.323. The van der Waals surface area contributed by atoms with Crippen molar-refractivity contribution in [2.45, 2.75) is 26.2 Å². The maximum atomic E-state index is 12.9. The number of amides is 2. The lowest BCUT2D eigenvalue weighted by Gasteiger charge is -2.36. The third kappa shape index (κ3) is 6.68. The van der Waals surface area contributed by atoms with Gasteiger partial charge in [-0.1, -0.05) is 19.1 Å². The van der Waals surface area contributed by atoms with Crippen molar-refractivity contribution in [3.63, 3.8) is 0 Å². The highest BCUT2D eigenvalue weighted by Gasteiger charge is 2.25. The summed E-state index contributed by atoms with van der Waals surface area (Å²) in [6, 6.07) is 20.0. The number of carbonyl (C=O) groups is 2. The van der Waals surface area contributed by atoms with E-state index >= 15 is 0 Å². The minimum atomic E-state index is -0.520. The topological polar surface area (TPSA) is 111 Å². The maximum Gasteiger partial charge on any atom is 0.293 e. The molecule has 0 saturated carbocycles. The van der Waals surface area contributed by atoms with E-state index in [9.17, 15) is 19.7 Å². The molecule has 0 atom stereocenters. The van der Waals surface area contributed by atoms with Gasteiger partial charge in [0.1, 0.15) is 5.69 Å². The summed E-state index contributed by atoms with van der Waals surface area (Å²) >= 11 is 5.33. The summed E-state index contributed by atoms with van der Waals surface area (Å²) in [7, 11) is 0. The Bertz CT molecular complexity index is 1460. The predicted octanol–water partition coefficient (Wildman–Crippen LogP) is 4.85. The van der Waals surface area contributed by atoms with Crippen LogP contribution in [0.3, 0.4) is 0 Å². The standard InChI is InChI=1S/C31H34N6O4S/c1-2-22-5-7-23(8-6-22)30(39)36-19-17-34(18-20-36)26-12-10-25(11-13-26)32-31(42)33-29(38)24-9-14-27(28(21-24)37(40)41)35-15-3-4-16-35/h5-14,21H,2-4,15-20H2,1H3,(H2,32,33,38,42). The second-order valence-corrected chi connectivity index (χ2v) is 10.8. The van der Waals surface area contributed by atoms with Crippen molar-refractivity contribution in [1.29, 1.82) is 0 Å². The van der Waals surface area contributed by atoms with Crippen molar-refractivity contribution < 1.29 is 14.5 Å². The van der Waals surface area contributed by atoms with Gasteiger partial charge in [0, 0.05) is 67.8 Å². The van der Waals surface area contributed by atoms with Crippen molar-refractivity contribution in [2.24, 2.45) is 0 Å². The number of nitrogens with zero attached hydrogens (tertiary/aromatic N) is 4. The van der Waals surface area contributed by atoms with E-state index in [1.54, 1.807) is 12.1 Å². The average molecular weight is 587 g/mol. The number of anilines is 3. The van der Waals surface area contributed by atoms with Gasteiger partial charge in [-0.15, -0.1) is 0 Å². The Morgan fingerprint density at radius 3 is 2.12 bits per heavy atom. The number of nitro benzene ring substituents is 1. The lowest BCUT2D eigenvalue weighted by atomic mass is 10.1. The number of aryl methyl sites for hydroxylation is 1. The molecule has 2 fully saturated rings. The zero-order valence-corrected chi connectivity index (χ0v) is 24.4. The molecule has 2 aliphatic heterocycles. The Morgan fingerprint density at radius 1 is 0.857 bits per heavy atom. The first-order valence-corrected chi connectivity index (χ1v) is 14.6. The molecule has 0 spiro atoms. The zero-order valence-electron chi connectivity index (χ0n) is 23.5. The number of piperazine rings is 1. The van der Waals surface area contributed by atoms with Gasteiger partial charge >= 0.3 is 0 Å². The van der Waals surface area contributed by atoms with Crippen molar-refractivity contribution >= 4 is 51.9 Å². The largest absolute Gasteiger partial charge is 0.368 e. The lowest BCUT2D eigenvalue weighted by molar-refractivity contribution is -0.384. The van der Waals surface area contributed by atoms with Crippen LogP contribution >= 0.6 is 12.2 Å². The molecule has 2 heterocycles. The van der Waals surface area contributed by atoms with Gasteiger partial charge in [-0.25, -0.2) is 0 Å². The molecule has 2 saturated heterocycles. The van der Waals surface area contributed by atoms with E-state index in [0.717, 1.165) is 56.7 Å². The Balaban J connectivity index is 1.13. The maximum absolute atomic E-state index is 12.9. The SMILES string of the molecule is CCc1ccc(C(=O)N2CCN(c3ccc(NC(=S)NC(=O)c4ccc(N5CCCC5)c([N+](=O)[O-])c4)cc3)CC2)cc1. The summed E-state index contributed by atoms with van der Waals surface area (Å²) in [6.45, 7) is 6.36. The fourth-order valence-corrected chi connectivity index (χ4v) is 5.57. The predicted molar refractivity (Wildman–Crippen MR) is 169 cm³/mol. The minimum absolute atomic E-state index is 0.0598. The van der Waals surface area contributed by atoms with Gasteiger partial charge in [-0.05, 0) is 85.6 Å². The monoisotopic (exact) mass is 586 g/mol. The first kappa shape index (κ1) is 29.0. The quantitative estimate of drug-likeness (QED) is 0.230. The summed E-state index contributed by atoms with van der Waals surface area (Å²) in [5.41, 5.74) is 4.27. The van der Waals surface area contributed by atoms with Gasteiger partial charge in [-0.2, -0.15) is 0 Å². The molecule has 42 heavy (non-hydrogen) atoms. The molecule has 0 unspecified atom stereocenters. The fourth-order valence-electron chi connectivity index (χ4n) is 5.36. The van der Waals surface area contributed by atoms with Crippen LogP contribution in [0, 0.1) is 10.1 Å². The molecule has 2 aliphatic rings. The molecular weight excluding hydrogens is 552 g/mol. The van der Waals surface area contributed by atoms with E-state index in [2.05, 4.69) is 22.5 Å². The van der Waals surface area contributed by atoms with Crippen molar-refractivity contribution in [3.8, 4) is 0 Å². The first-order valence-electron chi connectivity index (χ1n) is 14.2. The van der Waals surface area contributed by atoms with Crippen LogP contribution in [0.4, 0.5) is 22.7 Å². The highest BCUT2D eigenvalue weighted by atomic mass is 32.1. The molecule has 0 aliphatic carbocycles. The van der Waals surface area contributed by atoms with Crippen LogP contribution in [0.5, 0.6) is 0 Å². The number of nitrogens with one attached hydrogen (secondary N) is 2. The molecular formula is C31H34N6O4S. The number of carbonyl (C=O) groups excluding carboxylic acids is 2. The summed E-state index contributed by atoms with van der Waals surface area (Å²) in [6.07, 6.45) is 2.93. The van der Waals surface area contributed by atoms with Crippen LogP contribution in [-0.2, 0) is 6.42 Å². The van der Waals surface area contributed by atoms with Gasteiger partial charge in [0.15, 0.2) is 5.11 Å². The Labute approximate surface area is 250 Å². The Morgan fingerprint density at radius 2 is 1.50 bits per heavy atom. The molecule has 3 aromatic rings. The Kier molecular flexibility index (Phi) is 8.97. The van der Waals surface area contributed by atoms with E-state index in [1.165, 1.54) is 11.6 Å². The number of thiocarbonyl (C=S) groups is 1. The van der Waals surface area contributed by atoms with Crippen LogP contribution in [0.1, 0.15) is 46.0 Å². The van der Waals surface area contributed by atoms with Gasteiger partial charge < -0.3 is 20.0 Å². The average Bonchev–Trinajstić information content (AvgIpc) is 3.56. The van der Waals surface area contributed by atoms with E-state index in [4.69, 9.17) is 12.2 Å². The lowest BCUT2D eigenvalue weighted by Crippen LogP contribution is -2.48. The van der Waals surface area contributed by atoms with Crippen molar-refractivity contribution in [1.82, 2.24) is 10.2 Å². The molecule has 10 nitrogen and oxygen atoms in total. The number of hydrogen-bond acceptors (Lipinski definition) is 7.